The molecule has 1 N–H and O–H groups in total. The number of hydrogen-bond donors (Lipinski definition) is 1. The van der Waals surface area contributed by atoms with Gasteiger partial charge in [0.05, 0.1) is 12.8 Å². The summed E-state index contributed by atoms with van der Waals surface area (Å²) in [6.07, 6.45) is 0. The van der Waals surface area contributed by atoms with Crippen molar-refractivity contribution in [3.63, 3.8) is 0 Å². The van der Waals surface area contributed by atoms with Crippen molar-refractivity contribution in [2.75, 3.05) is 12.4 Å². The molecule has 0 bridgehead atoms. The molecule has 0 spiro atoms. The van der Waals surface area contributed by atoms with E-state index in [1.807, 2.05) is 12.1 Å². The van der Waals surface area contributed by atoms with Crippen LogP contribution >= 0.6 is 11.6 Å². The standard InChI is InChI=1S/C14H11ClNO2/c1-18-13-8-3-2-7-12(13)16-14(17)10-5-4-6-11(15)9-10/h2-4,6-9H,1H3,(H,16,17). The Labute approximate surface area is 110 Å². The van der Waals surface area contributed by atoms with Gasteiger partial charge in [-0.05, 0) is 30.3 Å². The summed E-state index contributed by atoms with van der Waals surface area (Å²) in [7, 11) is 1.55. The van der Waals surface area contributed by atoms with Crippen LogP contribution in [0.3, 0.4) is 0 Å². The first kappa shape index (κ1) is 12.5. The van der Waals surface area contributed by atoms with Crippen molar-refractivity contribution < 1.29 is 9.53 Å². The van der Waals surface area contributed by atoms with Crippen LogP contribution in [0.4, 0.5) is 5.69 Å². The van der Waals surface area contributed by atoms with Crippen LogP contribution in [0.5, 0.6) is 5.75 Å². The molecule has 0 aromatic heterocycles. The Morgan fingerprint density at radius 2 is 2.11 bits per heavy atom. The molecule has 0 saturated heterocycles. The van der Waals surface area contributed by atoms with Crippen molar-refractivity contribution in [1.29, 1.82) is 0 Å². The summed E-state index contributed by atoms with van der Waals surface area (Å²) in [4.78, 5) is 12.0. The maximum atomic E-state index is 12.0. The summed E-state index contributed by atoms with van der Waals surface area (Å²) < 4.78 is 5.15. The van der Waals surface area contributed by atoms with Crippen molar-refractivity contribution >= 4 is 23.2 Å². The SMILES string of the molecule is COc1ccccc1NC(=O)c1[c]ccc(Cl)c1. The second-order valence-electron chi connectivity index (χ2n) is 3.57. The molecule has 2 rings (SSSR count). The molecule has 1 radical (unpaired) electrons. The summed E-state index contributed by atoms with van der Waals surface area (Å²) in [6.45, 7) is 0. The summed E-state index contributed by atoms with van der Waals surface area (Å²) in [5, 5.41) is 3.25. The predicted octanol–water partition coefficient (Wildman–Crippen LogP) is 3.40. The Morgan fingerprint density at radius 1 is 1.33 bits per heavy atom. The van der Waals surface area contributed by atoms with E-state index in [1.165, 1.54) is 0 Å². The van der Waals surface area contributed by atoms with E-state index in [9.17, 15) is 4.79 Å². The van der Waals surface area contributed by atoms with Crippen molar-refractivity contribution in [3.8, 4) is 5.75 Å². The Hall–Kier alpha value is -2.00. The molecule has 0 unspecified atom stereocenters. The third kappa shape index (κ3) is 2.81. The topological polar surface area (TPSA) is 38.3 Å². The van der Waals surface area contributed by atoms with E-state index in [4.69, 9.17) is 16.3 Å². The molecular weight excluding hydrogens is 250 g/mol. The number of anilines is 1. The molecule has 0 aliphatic heterocycles. The first-order valence-electron chi connectivity index (χ1n) is 5.32. The molecule has 0 aliphatic carbocycles. The normalized spacial score (nSPS) is 9.89. The number of ether oxygens (including phenoxy) is 1. The maximum Gasteiger partial charge on any atom is 0.256 e. The number of methoxy groups -OCH3 is 1. The van der Waals surface area contributed by atoms with E-state index in [0.717, 1.165) is 0 Å². The van der Waals surface area contributed by atoms with Crippen LogP contribution < -0.4 is 10.1 Å². The number of carbonyl (C=O) groups is 1. The minimum Gasteiger partial charge on any atom is -0.495 e. The maximum absolute atomic E-state index is 12.0. The number of carbonyl (C=O) groups excluding carboxylic acids is 1. The van der Waals surface area contributed by atoms with E-state index >= 15 is 0 Å². The second-order valence-corrected chi connectivity index (χ2v) is 4.01. The third-order valence-electron chi connectivity index (χ3n) is 2.36. The third-order valence-corrected chi connectivity index (χ3v) is 2.60. The Balaban J connectivity index is 2.21. The summed E-state index contributed by atoms with van der Waals surface area (Å²) in [6, 6.07) is 14.9. The van der Waals surface area contributed by atoms with Crippen molar-refractivity contribution in [2.45, 2.75) is 0 Å². The predicted molar refractivity (Wildman–Crippen MR) is 71.2 cm³/mol. The van der Waals surface area contributed by atoms with Crippen molar-refractivity contribution in [1.82, 2.24) is 0 Å². The first-order chi connectivity index (χ1) is 8.70. The molecule has 0 heterocycles. The van der Waals surface area contributed by atoms with Gasteiger partial charge in [-0.2, -0.15) is 0 Å². The van der Waals surface area contributed by atoms with Gasteiger partial charge in [0, 0.05) is 10.6 Å². The number of hydrogen-bond acceptors (Lipinski definition) is 2. The van der Waals surface area contributed by atoms with Crippen LogP contribution in [0.2, 0.25) is 5.02 Å². The molecule has 0 saturated carbocycles. The van der Waals surface area contributed by atoms with Gasteiger partial charge in [-0.15, -0.1) is 0 Å². The summed E-state index contributed by atoms with van der Waals surface area (Å²) >= 11 is 5.83. The fourth-order valence-electron chi connectivity index (χ4n) is 1.51. The number of para-hydroxylation sites is 2. The molecule has 3 nitrogen and oxygen atoms in total. The number of amides is 1. The molecule has 91 valence electrons. The molecular formula is C14H11ClNO2. The van der Waals surface area contributed by atoms with Gasteiger partial charge in [0.2, 0.25) is 0 Å². The van der Waals surface area contributed by atoms with Gasteiger partial charge < -0.3 is 10.1 Å². The summed E-state index contributed by atoms with van der Waals surface area (Å²) in [5.74, 6) is 0.329. The molecule has 4 heteroatoms. The van der Waals surface area contributed by atoms with Gasteiger partial charge in [-0.1, -0.05) is 29.8 Å². The van der Waals surface area contributed by atoms with Crippen LogP contribution in [-0.4, -0.2) is 13.0 Å². The zero-order valence-electron chi connectivity index (χ0n) is 9.74. The monoisotopic (exact) mass is 260 g/mol. The highest BCUT2D eigenvalue weighted by molar-refractivity contribution is 6.31. The van der Waals surface area contributed by atoms with Gasteiger partial charge in [0.15, 0.2) is 0 Å². The van der Waals surface area contributed by atoms with Crippen LogP contribution in [0, 0.1) is 6.07 Å². The fraction of sp³-hybridized carbons (Fsp3) is 0.0714. The molecule has 2 aromatic carbocycles. The lowest BCUT2D eigenvalue weighted by atomic mass is 10.2. The number of nitrogens with one attached hydrogen (secondary N) is 1. The van der Waals surface area contributed by atoms with E-state index in [2.05, 4.69) is 11.4 Å². The molecule has 1 amide bonds. The molecule has 2 aromatic rings. The van der Waals surface area contributed by atoms with Gasteiger partial charge in [0.25, 0.3) is 5.91 Å². The van der Waals surface area contributed by atoms with Gasteiger partial charge in [0.1, 0.15) is 5.75 Å². The smallest absolute Gasteiger partial charge is 0.256 e. The van der Waals surface area contributed by atoms with Crippen LogP contribution in [0.25, 0.3) is 0 Å². The van der Waals surface area contributed by atoms with Crippen LogP contribution in [0.1, 0.15) is 10.4 Å². The highest BCUT2D eigenvalue weighted by Gasteiger charge is 2.09. The number of benzene rings is 2. The molecule has 0 aliphatic rings. The lowest BCUT2D eigenvalue weighted by molar-refractivity contribution is 0.102. The Bertz CT molecular complexity index is 569. The van der Waals surface area contributed by atoms with Gasteiger partial charge in [-0.25, -0.2) is 0 Å². The average molecular weight is 261 g/mol. The van der Waals surface area contributed by atoms with Crippen LogP contribution in [0.15, 0.2) is 42.5 Å². The largest absolute Gasteiger partial charge is 0.495 e. The van der Waals surface area contributed by atoms with E-state index in [-0.39, 0.29) is 5.91 Å². The highest BCUT2D eigenvalue weighted by Crippen LogP contribution is 2.23. The highest BCUT2D eigenvalue weighted by atomic mass is 35.5. The number of halogens is 1. The quantitative estimate of drug-likeness (QED) is 0.919. The second kappa shape index (κ2) is 5.56. The molecule has 0 fully saturated rings. The first-order valence-corrected chi connectivity index (χ1v) is 5.70. The van der Waals surface area contributed by atoms with Gasteiger partial charge in [-0.3, -0.25) is 4.79 Å². The number of rotatable bonds is 3. The lowest BCUT2D eigenvalue weighted by Crippen LogP contribution is -2.12. The minimum atomic E-state index is -0.276. The summed E-state index contributed by atoms with van der Waals surface area (Å²) in [5.41, 5.74) is 0.992. The van der Waals surface area contributed by atoms with E-state index in [0.29, 0.717) is 22.0 Å². The van der Waals surface area contributed by atoms with Crippen molar-refractivity contribution in [2.24, 2.45) is 0 Å². The average Bonchev–Trinajstić information content (AvgIpc) is 2.39. The molecule has 0 atom stereocenters. The minimum absolute atomic E-state index is 0.276. The van der Waals surface area contributed by atoms with Crippen molar-refractivity contribution in [3.05, 3.63) is 59.1 Å². The van der Waals surface area contributed by atoms with Crippen LogP contribution in [-0.2, 0) is 0 Å². The Kier molecular flexibility index (Phi) is 3.85. The van der Waals surface area contributed by atoms with E-state index in [1.54, 1.807) is 37.4 Å². The Morgan fingerprint density at radius 3 is 2.83 bits per heavy atom. The lowest BCUT2D eigenvalue weighted by Gasteiger charge is -2.09. The zero-order chi connectivity index (χ0) is 13.0. The molecule has 18 heavy (non-hydrogen) atoms. The zero-order valence-corrected chi connectivity index (χ0v) is 10.5. The van der Waals surface area contributed by atoms with E-state index < -0.39 is 0 Å². The fourth-order valence-corrected chi connectivity index (χ4v) is 1.68. The van der Waals surface area contributed by atoms with Gasteiger partial charge >= 0.3 is 0 Å².